The molecule has 0 bridgehead atoms. The molecule has 7 aromatic rings. The third-order valence-electron chi connectivity index (χ3n) is 6.98. The molecule has 144 valence electrons. The standard InChI is InChI=1S/C29H17NS/c1-2-8-19-17(7-1)16-30-25-11-5-3-9-20(25)24-13-18-14-27-23(15-22(18)28(19)29(24)30)21-10-4-6-12-26(21)31-27/h1-15H,16H2. The van der Waals surface area contributed by atoms with E-state index in [0.717, 1.165) is 6.54 Å². The number of hydrogen-bond acceptors (Lipinski definition) is 1. The van der Waals surface area contributed by atoms with Crippen molar-refractivity contribution in [2.45, 2.75) is 6.54 Å². The Morgan fingerprint density at radius 2 is 1.42 bits per heavy atom. The van der Waals surface area contributed by atoms with Crippen molar-refractivity contribution in [2.75, 3.05) is 0 Å². The number of para-hydroxylation sites is 1. The first kappa shape index (κ1) is 16.1. The number of nitrogens with zero attached hydrogens (tertiary/aromatic N) is 1. The van der Waals surface area contributed by atoms with Crippen molar-refractivity contribution in [3.05, 3.63) is 96.6 Å². The smallest absolute Gasteiger partial charge is 0.0580 e. The van der Waals surface area contributed by atoms with Crippen LogP contribution in [0.15, 0.2) is 91.0 Å². The van der Waals surface area contributed by atoms with E-state index in [4.69, 9.17) is 0 Å². The molecule has 1 nitrogen and oxygen atoms in total. The van der Waals surface area contributed by atoms with Crippen LogP contribution in [-0.2, 0) is 6.54 Å². The van der Waals surface area contributed by atoms with E-state index in [9.17, 15) is 0 Å². The Hall–Kier alpha value is -3.62. The maximum atomic E-state index is 2.53. The van der Waals surface area contributed by atoms with E-state index in [1.165, 1.54) is 69.4 Å². The van der Waals surface area contributed by atoms with Gasteiger partial charge >= 0.3 is 0 Å². The van der Waals surface area contributed by atoms with Gasteiger partial charge < -0.3 is 4.57 Å². The molecule has 2 aromatic heterocycles. The molecule has 0 atom stereocenters. The fraction of sp³-hybridized carbons (Fsp3) is 0.0345. The average Bonchev–Trinajstić information content (AvgIpc) is 3.33. The van der Waals surface area contributed by atoms with Gasteiger partial charge in [0, 0.05) is 48.6 Å². The van der Waals surface area contributed by atoms with Gasteiger partial charge in [0.1, 0.15) is 0 Å². The summed E-state index contributed by atoms with van der Waals surface area (Å²) >= 11 is 1.90. The molecule has 0 fully saturated rings. The van der Waals surface area contributed by atoms with E-state index in [1.807, 2.05) is 11.3 Å². The molecule has 1 aliphatic heterocycles. The first-order chi connectivity index (χ1) is 15.4. The highest BCUT2D eigenvalue weighted by molar-refractivity contribution is 7.25. The average molecular weight is 412 g/mol. The van der Waals surface area contributed by atoms with Crippen molar-refractivity contribution in [3.8, 4) is 11.1 Å². The quantitative estimate of drug-likeness (QED) is 0.236. The summed E-state index contributed by atoms with van der Waals surface area (Å²) in [5.74, 6) is 0. The highest BCUT2D eigenvalue weighted by atomic mass is 32.1. The van der Waals surface area contributed by atoms with E-state index >= 15 is 0 Å². The second kappa shape index (κ2) is 5.54. The van der Waals surface area contributed by atoms with Gasteiger partial charge in [0.05, 0.1) is 5.52 Å². The van der Waals surface area contributed by atoms with Crippen LogP contribution in [0.1, 0.15) is 5.56 Å². The lowest BCUT2D eigenvalue weighted by molar-refractivity contribution is 0.861. The highest BCUT2D eigenvalue weighted by Crippen LogP contribution is 2.47. The molecule has 8 rings (SSSR count). The van der Waals surface area contributed by atoms with Crippen LogP contribution in [0.5, 0.6) is 0 Å². The van der Waals surface area contributed by atoms with Crippen LogP contribution < -0.4 is 0 Å². The molecule has 31 heavy (non-hydrogen) atoms. The van der Waals surface area contributed by atoms with Gasteiger partial charge in [0.2, 0.25) is 0 Å². The molecule has 0 radical (unpaired) electrons. The maximum absolute atomic E-state index is 2.53. The Balaban J connectivity index is 1.67. The zero-order valence-electron chi connectivity index (χ0n) is 16.7. The predicted octanol–water partition coefficient (Wildman–Crippen LogP) is 8.34. The SMILES string of the molecule is c1ccc2c(c1)Cn1c3ccccc3c3cc4cc5sc6ccccc6c5cc4c-2c31. The molecule has 0 saturated heterocycles. The summed E-state index contributed by atoms with van der Waals surface area (Å²) in [6.07, 6.45) is 0. The molecule has 3 heterocycles. The van der Waals surface area contributed by atoms with Gasteiger partial charge in [-0.3, -0.25) is 0 Å². The first-order valence-electron chi connectivity index (χ1n) is 10.7. The Morgan fingerprint density at radius 1 is 0.613 bits per heavy atom. The molecule has 0 aliphatic carbocycles. The molecule has 0 saturated carbocycles. The summed E-state index contributed by atoms with van der Waals surface area (Å²) in [6, 6.07) is 33.9. The van der Waals surface area contributed by atoms with E-state index in [-0.39, 0.29) is 0 Å². The van der Waals surface area contributed by atoms with Crippen molar-refractivity contribution in [2.24, 2.45) is 0 Å². The molecule has 0 unspecified atom stereocenters. The van der Waals surface area contributed by atoms with Crippen LogP contribution in [0, 0.1) is 0 Å². The fourth-order valence-electron chi connectivity index (χ4n) is 5.66. The molecule has 5 aromatic carbocycles. The van der Waals surface area contributed by atoms with Crippen molar-refractivity contribution in [1.82, 2.24) is 4.57 Å². The predicted molar refractivity (Wildman–Crippen MR) is 134 cm³/mol. The zero-order chi connectivity index (χ0) is 20.1. The first-order valence-corrected chi connectivity index (χ1v) is 11.6. The van der Waals surface area contributed by atoms with E-state index < -0.39 is 0 Å². The normalized spacial score (nSPS) is 13.0. The minimum atomic E-state index is 0.933. The van der Waals surface area contributed by atoms with Crippen LogP contribution in [0.2, 0.25) is 0 Å². The van der Waals surface area contributed by atoms with Crippen molar-refractivity contribution >= 4 is 64.1 Å². The molecule has 0 N–H and O–H groups in total. The van der Waals surface area contributed by atoms with Crippen molar-refractivity contribution < 1.29 is 0 Å². The minimum Gasteiger partial charge on any atom is -0.335 e. The third kappa shape index (κ3) is 1.96. The molecular formula is C29H17NS. The van der Waals surface area contributed by atoms with Crippen LogP contribution in [0.25, 0.3) is 63.9 Å². The summed E-state index contributed by atoms with van der Waals surface area (Å²) in [6.45, 7) is 0.933. The second-order valence-electron chi connectivity index (χ2n) is 8.58. The van der Waals surface area contributed by atoms with Gasteiger partial charge in [-0.15, -0.1) is 11.3 Å². The number of rotatable bonds is 0. The topological polar surface area (TPSA) is 4.93 Å². The van der Waals surface area contributed by atoms with E-state index in [0.29, 0.717) is 0 Å². The second-order valence-corrected chi connectivity index (χ2v) is 9.66. The molecule has 1 aliphatic rings. The van der Waals surface area contributed by atoms with Crippen LogP contribution >= 0.6 is 11.3 Å². The van der Waals surface area contributed by atoms with Crippen molar-refractivity contribution in [1.29, 1.82) is 0 Å². The van der Waals surface area contributed by atoms with Gasteiger partial charge in [-0.25, -0.2) is 0 Å². The fourth-order valence-corrected chi connectivity index (χ4v) is 6.80. The number of hydrogen-bond donors (Lipinski definition) is 0. The third-order valence-corrected chi connectivity index (χ3v) is 8.11. The summed E-state index contributed by atoms with van der Waals surface area (Å²) < 4.78 is 5.26. The van der Waals surface area contributed by atoms with Gasteiger partial charge in [0.15, 0.2) is 0 Å². The number of thiophene rings is 1. The highest BCUT2D eigenvalue weighted by Gasteiger charge is 2.24. The lowest BCUT2D eigenvalue weighted by Crippen LogP contribution is -2.07. The lowest BCUT2D eigenvalue weighted by Gasteiger charge is -2.22. The molecular weight excluding hydrogens is 394 g/mol. The number of aromatic nitrogens is 1. The number of fused-ring (bicyclic) bond motifs is 10. The Morgan fingerprint density at radius 3 is 2.39 bits per heavy atom. The molecule has 0 spiro atoms. The monoisotopic (exact) mass is 411 g/mol. The Labute approximate surface area is 182 Å². The molecule has 2 heteroatoms. The van der Waals surface area contributed by atoms with Gasteiger partial charge in [0.25, 0.3) is 0 Å². The maximum Gasteiger partial charge on any atom is 0.0580 e. The van der Waals surface area contributed by atoms with Crippen LogP contribution in [0.4, 0.5) is 0 Å². The van der Waals surface area contributed by atoms with Gasteiger partial charge in [-0.05, 0) is 52.2 Å². The van der Waals surface area contributed by atoms with Crippen LogP contribution in [-0.4, -0.2) is 4.57 Å². The van der Waals surface area contributed by atoms with E-state index in [1.54, 1.807) is 0 Å². The lowest BCUT2D eigenvalue weighted by atomic mass is 9.89. The largest absolute Gasteiger partial charge is 0.335 e. The minimum absolute atomic E-state index is 0.933. The molecule has 0 amide bonds. The van der Waals surface area contributed by atoms with E-state index in [2.05, 4.69) is 95.6 Å². The summed E-state index contributed by atoms with van der Waals surface area (Å²) in [7, 11) is 0. The summed E-state index contributed by atoms with van der Waals surface area (Å²) in [5, 5.41) is 8.15. The number of benzene rings is 5. The van der Waals surface area contributed by atoms with Crippen molar-refractivity contribution in [3.63, 3.8) is 0 Å². The zero-order valence-corrected chi connectivity index (χ0v) is 17.5. The Kier molecular flexibility index (Phi) is 2.88. The van der Waals surface area contributed by atoms with Gasteiger partial charge in [-0.2, -0.15) is 0 Å². The Bertz CT molecular complexity index is 1870. The van der Waals surface area contributed by atoms with Crippen LogP contribution in [0.3, 0.4) is 0 Å². The summed E-state index contributed by atoms with van der Waals surface area (Å²) in [5.41, 5.74) is 6.89. The summed E-state index contributed by atoms with van der Waals surface area (Å²) in [4.78, 5) is 0. The van der Waals surface area contributed by atoms with Gasteiger partial charge in [-0.1, -0.05) is 60.7 Å².